The number of likely N-dealkylation sites (tertiary alicyclic amines) is 1. The minimum Gasteiger partial charge on any atom is -0.334 e. The summed E-state index contributed by atoms with van der Waals surface area (Å²) in [4.78, 5) is 25.5. The third-order valence-electron chi connectivity index (χ3n) is 3.39. The molecule has 1 fully saturated rings. The van der Waals surface area contributed by atoms with E-state index in [0.29, 0.717) is 29.7 Å². The lowest BCUT2D eigenvalue weighted by atomic mass is 9.99. The molecule has 5 heteroatoms. The van der Waals surface area contributed by atoms with Gasteiger partial charge in [-0.3, -0.25) is 9.59 Å². The van der Waals surface area contributed by atoms with Crippen LogP contribution in [0.2, 0.25) is 5.02 Å². The minimum absolute atomic E-state index is 0.427. The summed E-state index contributed by atoms with van der Waals surface area (Å²) in [5.41, 5.74) is 0.466. The van der Waals surface area contributed by atoms with E-state index in [4.69, 9.17) is 11.6 Å². The van der Waals surface area contributed by atoms with Gasteiger partial charge in [-0.15, -0.1) is 0 Å². The average Bonchev–Trinajstić information content (AvgIpc) is 2.41. The summed E-state index contributed by atoms with van der Waals surface area (Å²) in [5.74, 6) is -0.481. The highest BCUT2D eigenvalue weighted by Crippen LogP contribution is 2.21. The number of nitrogens with one attached hydrogen (secondary N) is 1. The molecule has 19 heavy (non-hydrogen) atoms. The van der Waals surface area contributed by atoms with E-state index in [1.165, 1.54) is 0 Å². The predicted molar refractivity (Wildman–Crippen MR) is 75.1 cm³/mol. The van der Waals surface area contributed by atoms with E-state index in [0.717, 1.165) is 12.8 Å². The molecule has 0 unspecified atom stereocenters. The molecule has 4 nitrogen and oxygen atoms in total. The largest absolute Gasteiger partial charge is 0.334 e. The van der Waals surface area contributed by atoms with E-state index in [1.54, 1.807) is 29.2 Å². The van der Waals surface area contributed by atoms with E-state index < -0.39 is 11.8 Å². The van der Waals surface area contributed by atoms with Gasteiger partial charge in [0.25, 0.3) is 0 Å². The average molecular weight is 281 g/mol. The number of hydrogen-bond acceptors (Lipinski definition) is 2. The predicted octanol–water partition coefficient (Wildman–Crippen LogP) is 2.54. The standard InChI is InChI=1S/C14H17ClN2O2/c1-10-6-8-17(9-7-10)14(19)13(18)16-12-5-3-2-4-11(12)15/h2-5,10H,6-9H2,1H3,(H,16,18). The molecule has 2 amide bonds. The van der Waals surface area contributed by atoms with Gasteiger partial charge in [-0.2, -0.15) is 0 Å². The second kappa shape index (κ2) is 6.06. The van der Waals surface area contributed by atoms with Crippen molar-refractivity contribution in [2.75, 3.05) is 18.4 Å². The van der Waals surface area contributed by atoms with Crippen LogP contribution in [-0.4, -0.2) is 29.8 Å². The van der Waals surface area contributed by atoms with Crippen LogP contribution in [0.4, 0.5) is 5.69 Å². The van der Waals surface area contributed by atoms with E-state index in [1.807, 2.05) is 0 Å². The monoisotopic (exact) mass is 280 g/mol. The van der Waals surface area contributed by atoms with E-state index >= 15 is 0 Å². The molecule has 0 saturated carbocycles. The normalized spacial score (nSPS) is 16.2. The van der Waals surface area contributed by atoms with Gasteiger partial charge < -0.3 is 10.2 Å². The number of piperidine rings is 1. The van der Waals surface area contributed by atoms with Crippen LogP contribution in [0.25, 0.3) is 0 Å². The molecule has 1 aliphatic rings. The Morgan fingerprint density at radius 2 is 1.89 bits per heavy atom. The van der Waals surface area contributed by atoms with Crippen molar-refractivity contribution in [3.63, 3.8) is 0 Å². The zero-order valence-electron chi connectivity index (χ0n) is 10.9. The van der Waals surface area contributed by atoms with Crippen LogP contribution in [0.1, 0.15) is 19.8 Å². The number of hydrogen-bond donors (Lipinski definition) is 1. The highest BCUT2D eigenvalue weighted by atomic mass is 35.5. The van der Waals surface area contributed by atoms with Crippen LogP contribution in [0, 0.1) is 5.92 Å². The second-order valence-corrected chi connectivity index (χ2v) is 5.32. The zero-order valence-corrected chi connectivity index (χ0v) is 11.6. The fourth-order valence-electron chi connectivity index (χ4n) is 2.09. The van der Waals surface area contributed by atoms with Crippen LogP contribution >= 0.6 is 11.6 Å². The first-order chi connectivity index (χ1) is 9.08. The number of para-hydroxylation sites is 1. The van der Waals surface area contributed by atoms with Crippen molar-refractivity contribution in [3.8, 4) is 0 Å². The molecule has 0 aliphatic carbocycles. The van der Waals surface area contributed by atoms with Crippen molar-refractivity contribution in [2.45, 2.75) is 19.8 Å². The van der Waals surface area contributed by atoms with Gasteiger partial charge in [-0.25, -0.2) is 0 Å². The van der Waals surface area contributed by atoms with Gasteiger partial charge in [-0.1, -0.05) is 30.7 Å². The quantitative estimate of drug-likeness (QED) is 0.804. The van der Waals surface area contributed by atoms with E-state index in [2.05, 4.69) is 12.2 Å². The topological polar surface area (TPSA) is 49.4 Å². The first-order valence-corrected chi connectivity index (χ1v) is 6.80. The Labute approximate surface area is 117 Å². The van der Waals surface area contributed by atoms with Crippen LogP contribution in [0.5, 0.6) is 0 Å². The lowest BCUT2D eigenvalue weighted by Gasteiger charge is -2.29. The molecule has 0 aromatic heterocycles. The molecule has 0 bridgehead atoms. The summed E-state index contributed by atoms with van der Waals surface area (Å²) in [6.07, 6.45) is 1.90. The Balaban J connectivity index is 1.96. The van der Waals surface area contributed by atoms with Crippen LogP contribution < -0.4 is 5.32 Å². The Hall–Kier alpha value is -1.55. The maximum Gasteiger partial charge on any atom is 0.313 e. The molecule has 1 saturated heterocycles. The Morgan fingerprint density at radius 3 is 2.53 bits per heavy atom. The third-order valence-corrected chi connectivity index (χ3v) is 3.72. The van der Waals surface area contributed by atoms with Gasteiger partial charge in [0.1, 0.15) is 0 Å². The maximum absolute atomic E-state index is 12.0. The molecule has 0 atom stereocenters. The van der Waals surface area contributed by atoms with Crippen molar-refractivity contribution in [1.29, 1.82) is 0 Å². The molecule has 1 aromatic rings. The summed E-state index contributed by atoms with van der Waals surface area (Å²) in [6.45, 7) is 3.46. The fraction of sp³-hybridized carbons (Fsp3) is 0.429. The van der Waals surface area contributed by atoms with Crippen molar-refractivity contribution in [2.24, 2.45) is 5.92 Å². The number of benzene rings is 1. The first kappa shape index (κ1) is 13.9. The molecule has 102 valence electrons. The fourth-order valence-corrected chi connectivity index (χ4v) is 2.28. The summed E-state index contributed by atoms with van der Waals surface area (Å²) >= 11 is 5.94. The van der Waals surface area contributed by atoms with Gasteiger partial charge in [-0.05, 0) is 30.9 Å². The van der Waals surface area contributed by atoms with Gasteiger partial charge in [0.2, 0.25) is 0 Å². The highest BCUT2D eigenvalue weighted by molar-refractivity contribution is 6.41. The Kier molecular flexibility index (Phi) is 4.43. The molecule has 0 radical (unpaired) electrons. The van der Waals surface area contributed by atoms with Crippen LogP contribution in [0.15, 0.2) is 24.3 Å². The number of carbonyl (C=O) groups is 2. The number of amides is 2. The SMILES string of the molecule is CC1CCN(C(=O)C(=O)Nc2ccccc2Cl)CC1. The molecule has 1 N–H and O–H groups in total. The minimum atomic E-state index is -0.623. The number of halogens is 1. The third kappa shape index (κ3) is 3.47. The Morgan fingerprint density at radius 1 is 1.26 bits per heavy atom. The van der Waals surface area contributed by atoms with E-state index in [-0.39, 0.29) is 0 Å². The van der Waals surface area contributed by atoms with Crippen molar-refractivity contribution >= 4 is 29.1 Å². The molecular formula is C14H17ClN2O2. The van der Waals surface area contributed by atoms with E-state index in [9.17, 15) is 9.59 Å². The zero-order chi connectivity index (χ0) is 13.8. The first-order valence-electron chi connectivity index (χ1n) is 6.42. The number of anilines is 1. The van der Waals surface area contributed by atoms with Gasteiger partial charge in [0.05, 0.1) is 10.7 Å². The smallest absolute Gasteiger partial charge is 0.313 e. The molecule has 1 aromatic carbocycles. The Bertz CT molecular complexity index is 482. The number of rotatable bonds is 1. The lowest BCUT2D eigenvalue weighted by Crippen LogP contribution is -2.43. The summed E-state index contributed by atoms with van der Waals surface area (Å²) in [6, 6.07) is 6.87. The van der Waals surface area contributed by atoms with Crippen LogP contribution in [0.3, 0.4) is 0 Å². The van der Waals surface area contributed by atoms with Crippen molar-refractivity contribution in [3.05, 3.63) is 29.3 Å². The highest BCUT2D eigenvalue weighted by Gasteiger charge is 2.25. The maximum atomic E-state index is 12.0. The molecule has 2 rings (SSSR count). The van der Waals surface area contributed by atoms with Gasteiger partial charge in [0, 0.05) is 13.1 Å². The van der Waals surface area contributed by atoms with Crippen molar-refractivity contribution in [1.82, 2.24) is 4.90 Å². The van der Waals surface area contributed by atoms with Gasteiger partial charge >= 0.3 is 11.8 Å². The molecule has 1 heterocycles. The second-order valence-electron chi connectivity index (χ2n) is 4.91. The molecule has 1 aliphatic heterocycles. The number of nitrogens with zero attached hydrogens (tertiary/aromatic N) is 1. The summed E-state index contributed by atoms with van der Waals surface area (Å²) in [7, 11) is 0. The summed E-state index contributed by atoms with van der Waals surface area (Å²) < 4.78 is 0. The summed E-state index contributed by atoms with van der Waals surface area (Å²) in [5, 5.41) is 2.98. The number of carbonyl (C=O) groups excluding carboxylic acids is 2. The van der Waals surface area contributed by atoms with Crippen LogP contribution in [-0.2, 0) is 9.59 Å². The lowest BCUT2D eigenvalue weighted by molar-refractivity contribution is -0.144. The van der Waals surface area contributed by atoms with Crippen molar-refractivity contribution < 1.29 is 9.59 Å². The molecule has 0 spiro atoms. The van der Waals surface area contributed by atoms with Gasteiger partial charge in [0.15, 0.2) is 0 Å². The molecular weight excluding hydrogens is 264 g/mol.